The van der Waals surface area contributed by atoms with Gasteiger partial charge in [-0.1, -0.05) is 30.3 Å². The lowest BCUT2D eigenvalue weighted by Gasteiger charge is -2.30. The van der Waals surface area contributed by atoms with Gasteiger partial charge >= 0.3 is 6.09 Å². The first-order valence-electron chi connectivity index (χ1n) is 15.9. The molecule has 0 aliphatic carbocycles. The fourth-order valence-electron chi connectivity index (χ4n) is 6.77. The Morgan fingerprint density at radius 2 is 1.83 bits per heavy atom. The molecule has 46 heavy (non-hydrogen) atoms. The molecule has 0 bridgehead atoms. The van der Waals surface area contributed by atoms with E-state index in [0.717, 1.165) is 36.7 Å². The average Bonchev–Trinajstić information content (AvgIpc) is 3.69. The highest BCUT2D eigenvalue weighted by Crippen LogP contribution is 2.49. The molecule has 4 heterocycles. The number of alkyl carbamates (subject to hydrolysis) is 1. The minimum absolute atomic E-state index is 0.0594. The molecule has 11 heteroatoms. The lowest BCUT2D eigenvalue weighted by Crippen LogP contribution is -2.40. The minimum atomic E-state index is -0.645. The van der Waals surface area contributed by atoms with Crippen molar-refractivity contribution in [3.8, 4) is 17.2 Å². The number of amides is 2. The predicted molar refractivity (Wildman–Crippen MR) is 175 cm³/mol. The first-order valence-corrected chi connectivity index (χ1v) is 15.9. The van der Waals surface area contributed by atoms with Crippen LogP contribution in [0.2, 0.25) is 0 Å². The molecule has 2 saturated heterocycles. The van der Waals surface area contributed by atoms with Gasteiger partial charge < -0.3 is 34.5 Å². The number of rotatable bonds is 6. The van der Waals surface area contributed by atoms with Gasteiger partial charge in [-0.15, -0.1) is 0 Å². The average molecular weight is 628 g/mol. The standard InChI is InChI=1S/C35H38FN5O5/c1-35(2,3)46-34(44)38-22-12-16-40(19-22)29-26(36)18-24-28-32(29)45-31-23-9-5-4-8-21(23)10-11-27(31)41(28)20-25(30(24)42)33(43)37-13-17-39-14-6-7-15-39/h4-5,8-11,18,20,22H,6-7,12-17,19H2,1-3H3,(H,37,43)(H,38,44)/t22-/m1/s1. The highest BCUT2D eigenvalue weighted by molar-refractivity contribution is 6.03. The largest absolute Gasteiger partial charge is 0.450 e. The van der Waals surface area contributed by atoms with E-state index in [1.807, 2.05) is 41.3 Å². The van der Waals surface area contributed by atoms with Crippen LogP contribution in [0.1, 0.15) is 50.4 Å². The summed E-state index contributed by atoms with van der Waals surface area (Å²) in [5, 5.41) is 7.60. The third kappa shape index (κ3) is 5.53. The van der Waals surface area contributed by atoms with E-state index in [2.05, 4.69) is 15.5 Å². The van der Waals surface area contributed by atoms with Crippen LogP contribution in [0.3, 0.4) is 0 Å². The summed E-state index contributed by atoms with van der Waals surface area (Å²) in [6.45, 7) is 9.28. The zero-order valence-corrected chi connectivity index (χ0v) is 26.3. The van der Waals surface area contributed by atoms with Crippen molar-refractivity contribution < 1.29 is 23.5 Å². The molecule has 0 spiro atoms. The van der Waals surface area contributed by atoms with Gasteiger partial charge in [0, 0.05) is 37.8 Å². The van der Waals surface area contributed by atoms with Crippen LogP contribution in [-0.2, 0) is 4.74 Å². The lowest BCUT2D eigenvalue weighted by molar-refractivity contribution is 0.0508. The zero-order valence-electron chi connectivity index (χ0n) is 26.3. The summed E-state index contributed by atoms with van der Waals surface area (Å²) in [4.78, 5) is 43.9. The molecule has 240 valence electrons. The predicted octanol–water partition coefficient (Wildman–Crippen LogP) is 5.32. The van der Waals surface area contributed by atoms with E-state index in [-0.39, 0.29) is 28.4 Å². The zero-order chi connectivity index (χ0) is 32.2. The lowest BCUT2D eigenvalue weighted by atomic mass is 10.0. The van der Waals surface area contributed by atoms with E-state index in [1.54, 1.807) is 31.5 Å². The van der Waals surface area contributed by atoms with E-state index in [4.69, 9.17) is 9.47 Å². The number of nitrogens with zero attached hydrogens (tertiary/aromatic N) is 3. The summed E-state index contributed by atoms with van der Waals surface area (Å²) in [7, 11) is 0. The van der Waals surface area contributed by atoms with Gasteiger partial charge in [-0.25, -0.2) is 9.18 Å². The van der Waals surface area contributed by atoms with Crippen LogP contribution in [0, 0.1) is 5.82 Å². The Morgan fingerprint density at radius 1 is 1.04 bits per heavy atom. The molecular weight excluding hydrogens is 589 g/mol. The normalized spacial score (nSPS) is 17.7. The second-order valence-electron chi connectivity index (χ2n) is 13.3. The number of carbonyl (C=O) groups is 2. The van der Waals surface area contributed by atoms with Crippen molar-refractivity contribution in [2.75, 3.05) is 44.2 Å². The topological polar surface area (TPSA) is 105 Å². The van der Waals surface area contributed by atoms with Gasteiger partial charge in [0.15, 0.2) is 17.3 Å². The summed E-state index contributed by atoms with van der Waals surface area (Å²) in [6.07, 6.45) is 3.88. The molecule has 1 atom stereocenters. The Bertz CT molecular complexity index is 1930. The van der Waals surface area contributed by atoms with Gasteiger partial charge in [-0.2, -0.15) is 0 Å². The quantitative estimate of drug-likeness (QED) is 0.263. The van der Waals surface area contributed by atoms with Crippen LogP contribution >= 0.6 is 0 Å². The number of nitrogens with one attached hydrogen (secondary N) is 2. The van der Waals surface area contributed by atoms with Gasteiger partial charge in [-0.3, -0.25) is 9.59 Å². The molecule has 0 radical (unpaired) electrons. The molecule has 0 unspecified atom stereocenters. The van der Waals surface area contributed by atoms with E-state index in [0.29, 0.717) is 49.6 Å². The van der Waals surface area contributed by atoms with Crippen molar-refractivity contribution in [2.24, 2.45) is 0 Å². The number of aromatic nitrogens is 1. The smallest absolute Gasteiger partial charge is 0.407 e. The summed E-state index contributed by atoms with van der Waals surface area (Å²) >= 11 is 0. The Labute approximate surface area is 266 Å². The van der Waals surface area contributed by atoms with Crippen molar-refractivity contribution >= 4 is 39.4 Å². The molecule has 3 aromatic carbocycles. The van der Waals surface area contributed by atoms with Crippen molar-refractivity contribution in [3.05, 3.63) is 70.3 Å². The van der Waals surface area contributed by atoms with Crippen LogP contribution in [-0.4, -0.2) is 72.4 Å². The highest BCUT2D eigenvalue weighted by Gasteiger charge is 2.35. The molecule has 1 aromatic heterocycles. The fourth-order valence-corrected chi connectivity index (χ4v) is 6.77. The van der Waals surface area contributed by atoms with Gasteiger partial charge in [0.1, 0.15) is 22.4 Å². The summed E-state index contributed by atoms with van der Waals surface area (Å²) in [5.41, 5.74) is -0.0252. The van der Waals surface area contributed by atoms with Crippen LogP contribution in [0.15, 0.2) is 53.5 Å². The van der Waals surface area contributed by atoms with Gasteiger partial charge in [0.05, 0.1) is 17.1 Å². The van der Waals surface area contributed by atoms with Gasteiger partial charge in [0.2, 0.25) is 5.43 Å². The van der Waals surface area contributed by atoms with E-state index >= 15 is 4.39 Å². The monoisotopic (exact) mass is 627 g/mol. The van der Waals surface area contributed by atoms with Crippen molar-refractivity contribution in [1.82, 2.24) is 20.1 Å². The molecule has 3 aliphatic rings. The fraction of sp³-hybridized carbons (Fsp3) is 0.400. The number of carbonyl (C=O) groups excluding carboxylic acids is 2. The molecule has 10 nitrogen and oxygen atoms in total. The molecule has 2 amide bonds. The Balaban J connectivity index is 1.30. The molecule has 2 fully saturated rings. The number of halogens is 1. The minimum Gasteiger partial charge on any atom is -0.450 e. The molecule has 0 saturated carbocycles. The van der Waals surface area contributed by atoms with E-state index in [1.165, 1.54) is 6.07 Å². The molecular formula is C35H38FN5O5. The number of ether oxygens (including phenoxy) is 2. The number of benzene rings is 3. The summed E-state index contributed by atoms with van der Waals surface area (Å²) in [5.74, 6) is -0.426. The molecule has 2 N–H and O–H groups in total. The maximum atomic E-state index is 16.3. The Kier molecular flexibility index (Phi) is 7.59. The Morgan fingerprint density at radius 3 is 2.61 bits per heavy atom. The van der Waals surface area contributed by atoms with Gasteiger partial charge in [0.25, 0.3) is 5.91 Å². The second kappa shape index (κ2) is 11.6. The summed E-state index contributed by atoms with van der Waals surface area (Å²) < 4.78 is 30.1. The van der Waals surface area contributed by atoms with Crippen LogP contribution in [0.4, 0.5) is 14.9 Å². The first kappa shape index (κ1) is 30.0. The highest BCUT2D eigenvalue weighted by atomic mass is 19.1. The molecule has 4 aromatic rings. The third-order valence-corrected chi connectivity index (χ3v) is 8.88. The van der Waals surface area contributed by atoms with Crippen molar-refractivity contribution in [2.45, 2.75) is 51.7 Å². The van der Waals surface area contributed by atoms with Gasteiger partial charge in [-0.05, 0) is 70.6 Å². The van der Waals surface area contributed by atoms with Crippen LogP contribution < -0.4 is 25.7 Å². The number of hydrogen-bond acceptors (Lipinski definition) is 7. The number of likely N-dealkylation sites (tertiary alicyclic amines) is 1. The first-order chi connectivity index (χ1) is 22.1. The second-order valence-corrected chi connectivity index (χ2v) is 13.3. The number of anilines is 1. The SMILES string of the molecule is CC(C)(C)OC(=O)N[C@@H]1CCN(c2c(F)cc3c(=O)c(C(=O)NCCN4CCCC4)cn4c3c2Oc2c-4ccc3ccccc23)C1. The van der Waals surface area contributed by atoms with Crippen molar-refractivity contribution in [1.29, 1.82) is 0 Å². The van der Waals surface area contributed by atoms with Crippen LogP contribution in [0.5, 0.6) is 11.5 Å². The molecule has 7 rings (SSSR count). The van der Waals surface area contributed by atoms with E-state index in [9.17, 15) is 14.4 Å². The number of hydrogen-bond donors (Lipinski definition) is 2. The number of pyridine rings is 1. The summed E-state index contributed by atoms with van der Waals surface area (Å²) in [6, 6.07) is 12.5. The molecule has 3 aliphatic heterocycles. The van der Waals surface area contributed by atoms with Crippen LogP contribution in [0.25, 0.3) is 27.4 Å². The maximum Gasteiger partial charge on any atom is 0.407 e. The number of fused-ring (bicyclic) bond motifs is 4. The Hall–Kier alpha value is -4.64. The maximum absolute atomic E-state index is 16.3. The van der Waals surface area contributed by atoms with E-state index < -0.39 is 28.8 Å². The third-order valence-electron chi connectivity index (χ3n) is 8.88. The van der Waals surface area contributed by atoms with Crippen molar-refractivity contribution in [3.63, 3.8) is 0 Å².